The van der Waals surface area contributed by atoms with Gasteiger partial charge in [-0.2, -0.15) is 0 Å². The quantitative estimate of drug-likeness (QED) is 0.879. The van der Waals surface area contributed by atoms with E-state index in [-0.39, 0.29) is 5.78 Å². The van der Waals surface area contributed by atoms with Crippen LogP contribution in [0.1, 0.15) is 16.8 Å². The molecule has 1 aromatic carbocycles. The minimum Gasteiger partial charge on any atom is -0.481 e. The largest absolute Gasteiger partial charge is 0.481 e. The molecular formula is C12H8ClNO3S. The number of nitrogens with zero attached hydrogens (tertiary/aromatic N) is 1. The monoisotopic (exact) mass is 281 g/mol. The van der Waals surface area contributed by atoms with Gasteiger partial charge >= 0.3 is 5.97 Å². The van der Waals surface area contributed by atoms with Gasteiger partial charge in [0.15, 0.2) is 5.78 Å². The number of carboxylic acids is 1. The van der Waals surface area contributed by atoms with Gasteiger partial charge in [-0.3, -0.25) is 9.59 Å². The third-order valence-corrected chi connectivity index (χ3v) is 4.40. The summed E-state index contributed by atoms with van der Waals surface area (Å²) in [4.78, 5) is 27.0. The van der Waals surface area contributed by atoms with Crippen LogP contribution in [0.5, 0.6) is 0 Å². The first kappa shape index (κ1) is 11.6. The first-order valence-electron chi connectivity index (χ1n) is 5.37. The third kappa shape index (κ3) is 1.79. The average Bonchev–Trinajstić information content (AvgIpc) is 2.99. The number of halogens is 1. The van der Waals surface area contributed by atoms with Crippen LogP contribution in [0.2, 0.25) is 5.02 Å². The van der Waals surface area contributed by atoms with Gasteiger partial charge in [0.2, 0.25) is 0 Å². The van der Waals surface area contributed by atoms with Crippen molar-refractivity contribution in [3.63, 3.8) is 0 Å². The molecule has 3 rings (SSSR count). The Morgan fingerprint density at radius 3 is 2.83 bits per heavy atom. The number of Topliss-reactive ketones (excluding diaryl/α,β-unsaturated/α-hetero) is 1. The Bertz CT molecular complexity index is 666. The van der Waals surface area contributed by atoms with Crippen LogP contribution in [0.25, 0.3) is 10.2 Å². The molecule has 2 atom stereocenters. The van der Waals surface area contributed by atoms with Crippen molar-refractivity contribution in [2.24, 2.45) is 11.8 Å². The molecule has 6 heteroatoms. The van der Waals surface area contributed by atoms with Crippen molar-refractivity contribution in [2.75, 3.05) is 0 Å². The molecule has 1 aliphatic carbocycles. The van der Waals surface area contributed by atoms with Crippen molar-refractivity contribution >= 4 is 44.9 Å². The van der Waals surface area contributed by atoms with Gasteiger partial charge in [0.25, 0.3) is 0 Å². The maximum absolute atomic E-state index is 12.1. The van der Waals surface area contributed by atoms with Crippen molar-refractivity contribution in [3.05, 3.63) is 28.2 Å². The summed E-state index contributed by atoms with van der Waals surface area (Å²) in [7, 11) is 0. The minimum atomic E-state index is -0.908. The van der Waals surface area contributed by atoms with E-state index < -0.39 is 17.8 Å². The van der Waals surface area contributed by atoms with E-state index in [1.807, 2.05) is 0 Å². The van der Waals surface area contributed by atoms with E-state index in [1.54, 1.807) is 17.6 Å². The average molecular weight is 282 g/mol. The van der Waals surface area contributed by atoms with Crippen molar-refractivity contribution in [1.29, 1.82) is 0 Å². The van der Waals surface area contributed by atoms with Crippen LogP contribution >= 0.6 is 22.9 Å². The molecule has 18 heavy (non-hydrogen) atoms. The van der Waals surface area contributed by atoms with Crippen LogP contribution in [0.4, 0.5) is 0 Å². The van der Waals surface area contributed by atoms with Crippen LogP contribution < -0.4 is 0 Å². The number of fused-ring (bicyclic) bond motifs is 1. The SMILES string of the molecule is O=C(O)C1CC1C(=O)c1cc(Cl)c2scnc2c1. The molecular weight excluding hydrogens is 274 g/mol. The van der Waals surface area contributed by atoms with E-state index in [1.165, 1.54) is 11.3 Å². The summed E-state index contributed by atoms with van der Waals surface area (Å²) >= 11 is 7.49. The number of ketones is 1. The van der Waals surface area contributed by atoms with E-state index in [0.717, 1.165) is 4.70 Å². The number of aromatic nitrogens is 1. The van der Waals surface area contributed by atoms with E-state index in [9.17, 15) is 9.59 Å². The summed E-state index contributed by atoms with van der Waals surface area (Å²) in [5, 5.41) is 9.32. The second-order valence-corrected chi connectivity index (χ2v) is 5.57. The summed E-state index contributed by atoms with van der Waals surface area (Å²) in [5.74, 6) is -2.01. The molecule has 0 spiro atoms. The molecule has 0 bridgehead atoms. The lowest BCUT2D eigenvalue weighted by atomic mass is 10.1. The molecule has 1 heterocycles. The molecule has 1 N–H and O–H groups in total. The zero-order valence-corrected chi connectivity index (χ0v) is 10.7. The number of benzene rings is 1. The summed E-state index contributed by atoms with van der Waals surface area (Å²) in [5.41, 5.74) is 2.80. The molecule has 0 aliphatic heterocycles. The highest BCUT2D eigenvalue weighted by Crippen LogP contribution is 2.42. The molecule has 1 fully saturated rings. The zero-order chi connectivity index (χ0) is 12.9. The number of thiazole rings is 1. The first-order valence-corrected chi connectivity index (χ1v) is 6.63. The number of carbonyl (C=O) groups excluding carboxylic acids is 1. The van der Waals surface area contributed by atoms with Crippen molar-refractivity contribution < 1.29 is 14.7 Å². The van der Waals surface area contributed by atoms with Gasteiger partial charge in [0.1, 0.15) is 0 Å². The fraction of sp³-hybridized carbons (Fsp3) is 0.250. The fourth-order valence-electron chi connectivity index (χ4n) is 2.04. The maximum atomic E-state index is 12.1. The van der Waals surface area contributed by atoms with Gasteiger partial charge in [-0.05, 0) is 18.6 Å². The number of carbonyl (C=O) groups is 2. The van der Waals surface area contributed by atoms with Gasteiger partial charge < -0.3 is 5.11 Å². The Hall–Kier alpha value is -1.46. The number of hydrogen-bond acceptors (Lipinski definition) is 4. The highest BCUT2D eigenvalue weighted by Gasteiger charge is 2.48. The van der Waals surface area contributed by atoms with Gasteiger partial charge in [-0.1, -0.05) is 11.6 Å². The fourth-order valence-corrected chi connectivity index (χ4v) is 3.06. The van der Waals surface area contributed by atoms with Crippen LogP contribution in [0, 0.1) is 11.8 Å². The topological polar surface area (TPSA) is 67.3 Å². The molecule has 0 saturated heterocycles. The maximum Gasteiger partial charge on any atom is 0.307 e. The third-order valence-electron chi connectivity index (χ3n) is 3.12. The Morgan fingerprint density at radius 2 is 2.17 bits per heavy atom. The Morgan fingerprint density at radius 1 is 1.39 bits per heavy atom. The molecule has 1 aromatic heterocycles. The van der Waals surface area contributed by atoms with Crippen LogP contribution in [-0.2, 0) is 4.79 Å². The zero-order valence-electron chi connectivity index (χ0n) is 9.09. The number of hydrogen-bond donors (Lipinski definition) is 1. The first-order chi connectivity index (χ1) is 8.58. The van der Waals surface area contributed by atoms with E-state index in [4.69, 9.17) is 16.7 Å². The second-order valence-electron chi connectivity index (χ2n) is 4.31. The molecule has 0 amide bonds. The standard InChI is InChI=1S/C12H8ClNO3S/c13-8-1-5(2-9-11(8)18-4-14-9)10(15)6-3-7(6)12(16)17/h1-2,4,6-7H,3H2,(H,16,17). The van der Waals surface area contributed by atoms with Gasteiger partial charge in [-0.15, -0.1) is 11.3 Å². The van der Waals surface area contributed by atoms with Crippen molar-refractivity contribution in [3.8, 4) is 0 Å². The summed E-state index contributed by atoms with van der Waals surface area (Å²) in [6, 6.07) is 3.28. The number of rotatable bonds is 3. The second kappa shape index (κ2) is 4.03. The van der Waals surface area contributed by atoms with Crippen LogP contribution in [0.15, 0.2) is 17.6 Å². The minimum absolute atomic E-state index is 0.154. The highest BCUT2D eigenvalue weighted by atomic mass is 35.5. The molecule has 2 aromatic rings. The van der Waals surface area contributed by atoms with E-state index in [0.29, 0.717) is 22.5 Å². The molecule has 1 saturated carbocycles. The van der Waals surface area contributed by atoms with Gasteiger partial charge in [0.05, 0.1) is 26.7 Å². The molecule has 2 unspecified atom stereocenters. The number of aliphatic carboxylic acids is 1. The highest BCUT2D eigenvalue weighted by molar-refractivity contribution is 7.17. The molecule has 92 valence electrons. The Balaban J connectivity index is 1.95. The predicted molar refractivity (Wildman–Crippen MR) is 68.2 cm³/mol. The van der Waals surface area contributed by atoms with Gasteiger partial charge in [-0.25, -0.2) is 4.98 Å². The number of carboxylic acid groups (broad SMARTS) is 1. The van der Waals surface area contributed by atoms with Crippen LogP contribution in [0.3, 0.4) is 0 Å². The lowest BCUT2D eigenvalue weighted by Gasteiger charge is -2.01. The lowest BCUT2D eigenvalue weighted by Crippen LogP contribution is -2.08. The lowest BCUT2D eigenvalue weighted by molar-refractivity contribution is -0.138. The smallest absolute Gasteiger partial charge is 0.307 e. The van der Waals surface area contributed by atoms with Crippen molar-refractivity contribution in [1.82, 2.24) is 4.98 Å². The van der Waals surface area contributed by atoms with E-state index in [2.05, 4.69) is 4.98 Å². The summed E-state index contributed by atoms with van der Waals surface area (Å²) in [6.07, 6.45) is 0.418. The Labute approximate surface area is 111 Å². The Kier molecular flexibility index (Phi) is 2.60. The molecule has 0 radical (unpaired) electrons. The summed E-state index contributed by atoms with van der Waals surface area (Å²) in [6.45, 7) is 0. The molecule has 4 nitrogen and oxygen atoms in total. The van der Waals surface area contributed by atoms with Gasteiger partial charge in [0, 0.05) is 11.5 Å². The van der Waals surface area contributed by atoms with E-state index >= 15 is 0 Å². The predicted octanol–water partition coefficient (Wildman–Crippen LogP) is 2.85. The molecule has 1 aliphatic rings. The summed E-state index contributed by atoms with van der Waals surface area (Å²) < 4.78 is 0.846. The van der Waals surface area contributed by atoms with Crippen molar-refractivity contribution in [2.45, 2.75) is 6.42 Å². The van der Waals surface area contributed by atoms with Crippen LogP contribution in [-0.4, -0.2) is 21.8 Å². The normalized spacial score (nSPS) is 22.1.